The molecule has 0 saturated carbocycles. The van der Waals surface area contributed by atoms with E-state index in [9.17, 15) is 9.59 Å². The fraction of sp³-hybridized carbons (Fsp3) is 0.211. The van der Waals surface area contributed by atoms with Gasteiger partial charge in [-0.3, -0.25) is 4.79 Å². The van der Waals surface area contributed by atoms with E-state index in [1.165, 1.54) is 0 Å². The van der Waals surface area contributed by atoms with Gasteiger partial charge in [0.05, 0.1) is 5.54 Å². The molecule has 4 rings (SSSR count). The van der Waals surface area contributed by atoms with E-state index in [1.54, 1.807) is 12.1 Å². The highest BCUT2D eigenvalue weighted by molar-refractivity contribution is 5.94. The van der Waals surface area contributed by atoms with Crippen molar-refractivity contribution in [2.24, 2.45) is 0 Å². The fourth-order valence-corrected chi connectivity index (χ4v) is 3.14. The van der Waals surface area contributed by atoms with Crippen LogP contribution in [0.15, 0.2) is 58.4 Å². The average Bonchev–Trinajstić information content (AvgIpc) is 3.19. The highest BCUT2D eigenvalue weighted by Crippen LogP contribution is 2.29. The van der Waals surface area contributed by atoms with Gasteiger partial charge in [0, 0.05) is 23.0 Å². The molecule has 26 heavy (non-hydrogen) atoms. The maximum Gasteiger partial charge on any atom is 0.319 e. The molecule has 3 amide bonds. The Morgan fingerprint density at radius 1 is 1.35 bits per heavy atom. The van der Waals surface area contributed by atoms with Crippen LogP contribution in [0.3, 0.4) is 0 Å². The van der Waals surface area contributed by atoms with Crippen molar-refractivity contribution >= 4 is 11.9 Å². The maximum atomic E-state index is 12.5. The molecule has 0 bridgehead atoms. The number of aromatic nitrogens is 1. The number of nitrogens with one attached hydrogen (secondary N) is 3. The van der Waals surface area contributed by atoms with Crippen molar-refractivity contribution in [1.82, 2.24) is 21.1 Å². The molecule has 1 aliphatic carbocycles. The molecule has 2 aromatic rings. The largest absolute Gasteiger partial charge is 0.350 e. The van der Waals surface area contributed by atoms with Crippen LogP contribution in [0.2, 0.25) is 0 Å². The van der Waals surface area contributed by atoms with Crippen LogP contribution in [0.25, 0.3) is 11.3 Å². The van der Waals surface area contributed by atoms with Gasteiger partial charge < -0.3 is 20.5 Å². The number of allylic oxidation sites excluding steroid dienone is 1. The van der Waals surface area contributed by atoms with Gasteiger partial charge in [-0.2, -0.15) is 0 Å². The molecule has 3 N–H and O–H groups in total. The number of amides is 3. The molecule has 2 aliphatic rings. The van der Waals surface area contributed by atoms with E-state index in [2.05, 4.69) is 21.1 Å². The van der Waals surface area contributed by atoms with E-state index in [0.29, 0.717) is 17.8 Å². The lowest BCUT2D eigenvalue weighted by molar-refractivity contribution is 0.0930. The molecule has 1 fully saturated rings. The standard InChI is InChI=1S/C19H18N4O3/c1-11-5-3-4-6-13(11)14-10-15(26-23-14)17(24)20-12-7-8-19(2)16(9-12)21-18(25)22-19/h3-7,9-10H,8H2,1-2H3,(H,20,24)(H2,21,22,25). The summed E-state index contributed by atoms with van der Waals surface area (Å²) in [4.78, 5) is 24.0. The number of benzene rings is 1. The van der Waals surface area contributed by atoms with E-state index in [1.807, 2.05) is 44.2 Å². The summed E-state index contributed by atoms with van der Waals surface area (Å²) in [7, 11) is 0. The number of aryl methyl sites for hydroxylation is 1. The quantitative estimate of drug-likeness (QED) is 0.793. The molecule has 1 saturated heterocycles. The highest BCUT2D eigenvalue weighted by Gasteiger charge is 2.39. The first-order valence-corrected chi connectivity index (χ1v) is 8.30. The molecule has 1 aromatic carbocycles. The number of rotatable bonds is 3. The summed E-state index contributed by atoms with van der Waals surface area (Å²) in [6, 6.07) is 9.15. The van der Waals surface area contributed by atoms with E-state index in [4.69, 9.17) is 4.52 Å². The first-order valence-electron chi connectivity index (χ1n) is 8.30. The first kappa shape index (κ1) is 16.1. The van der Waals surface area contributed by atoms with Gasteiger partial charge >= 0.3 is 6.03 Å². The Hall–Kier alpha value is -3.35. The average molecular weight is 350 g/mol. The molecule has 0 spiro atoms. The van der Waals surface area contributed by atoms with Crippen molar-refractivity contribution in [2.45, 2.75) is 25.8 Å². The Balaban J connectivity index is 1.51. The smallest absolute Gasteiger partial charge is 0.319 e. The number of carbonyl (C=O) groups excluding carboxylic acids is 2. The Bertz CT molecular complexity index is 973. The number of carbonyl (C=O) groups is 2. The summed E-state index contributed by atoms with van der Waals surface area (Å²) < 4.78 is 5.21. The van der Waals surface area contributed by atoms with Crippen LogP contribution in [0.1, 0.15) is 29.5 Å². The minimum atomic E-state index is -0.449. The van der Waals surface area contributed by atoms with Gasteiger partial charge in [-0.25, -0.2) is 4.79 Å². The van der Waals surface area contributed by atoms with Gasteiger partial charge in [-0.1, -0.05) is 35.5 Å². The predicted octanol–water partition coefficient (Wildman–Crippen LogP) is 2.62. The summed E-state index contributed by atoms with van der Waals surface area (Å²) >= 11 is 0. The van der Waals surface area contributed by atoms with E-state index in [-0.39, 0.29) is 17.7 Å². The van der Waals surface area contributed by atoms with Crippen molar-refractivity contribution in [3.8, 4) is 11.3 Å². The number of nitrogens with zero attached hydrogens (tertiary/aromatic N) is 1. The van der Waals surface area contributed by atoms with Gasteiger partial charge in [-0.15, -0.1) is 0 Å². The second-order valence-corrected chi connectivity index (χ2v) is 6.68. The van der Waals surface area contributed by atoms with Crippen LogP contribution in [0.5, 0.6) is 0 Å². The lowest BCUT2D eigenvalue weighted by Crippen LogP contribution is -2.40. The van der Waals surface area contributed by atoms with Crippen molar-refractivity contribution in [3.05, 3.63) is 65.2 Å². The summed E-state index contributed by atoms with van der Waals surface area (Å²) in [6.07, 6.45) is 4.20. The van der Waals surface area contributed by atoms with Crippen LogP contribution >= 0.6 is 0 Å². The second-order valence-electron chi connectivity index (χ2n) is 6.68. The van der Waals surface area contributed by atoms with Gasteiger partial charge in [0.1, 0.15) is 5.69 Å². The second kappa shape index (κ2) is 5.87. The minimum absolute atomic E-state index is 0.129. The van der Waals surface area contributed by atoms with E-state index < -0.39 is 5.54 Å². The summed E-state index contributed by atoms with van der Waals surface area (Å²) in [5.74, 6) is -0.259. The fourth-order valence-electron chi connectivity index (χ4n) is 3.14. The Kier molecular flexibility index (Phi) is 3.64. The van der Waals surface area contributed by atoms with Gasteiger partial charge in [0.2, 0.25) is 5.76 Å². The van der Waals surface area contributed by atoms with Gasteiger partial charge in [-0.05, 0) is 31.9 Å². The summed E-state index contributed by atoms with van der Waals surface area (Å²) in [6.45, 7) is 3.90. The lowest BCUT2D eigenvalue weighted by atomic mass is 9.90. The topological polar surface area (TPSA) is 96.3 Å². The number of fused-ring (bicyclic) bond motifs is 1. The van der Waals surface area contributed by atoms with E-state index in [0.717, 1.165) is 16.8 Å². The maximum absolute atomic E-state index is 12.5. The monoisotopic (exact) mass is 350 g/mol. The van der Waals surface area contributed by atoms with Crippen molar-refractivity contribution in [1.29, 1.82) is 0 Å². The predicted molar refractivity (Wildman–Crippen MR) is 95.0 cm³/mol. The normalized spacial score (nSPS) is 21.2. The molecular weight excluding hydrogens is 332 g/mol. The molecular formula is C19H18N4O3. The molecule has 0 radical (unpaired) electrons. The van der Waals surface area contributed by atoms with Crippen LogP contribution in [0, 0.1) is 6.92 Å². The molecule has 1 aromatic heterocycles. The summed E-state index contributed by atoms with van der Waals surface area (Å²) in [5.41, 5.74) is 3.49. The molecule has 2 heterocycles. The van der Waals surface area contributed by atoms with Crippen LogP contribution < -0.4 is 16.0 Å². The van der Waals surface area contributed by atoms with Crippen molar-refractivity contribution in [3.63, 3.8) is 0 Å². The third kappa shape index (κ3) is 2.77. The third-order valence-electron chi connectivity index (χ3n) is 4.67. The zero-order valence-corrected chi connectivity index (χ0v) is 14.4. The third-order valence-corrected chi connectivity index (χ3v) is 4.67. The molecule has 1 aliphatic heterocycles. The molecule has 7 nitrogen and oxygen atoms in total. The molecule has 1 unspecified atom stereocenters. The number of hydrogen-bond donors (Lipinski definition) is 3. The van der Waals surface area contributed by atoms with Crippen molar-refractivity contribution < 1.29 is 14.1 Å². The SMILES string of the molecule is Cc1ccccc1-c1cc(C(=O)NC2=CCC3(C)NC(=O)NC3=C2)on1. The molecule has 1 atom stereocenters. The number of hydrogen-bond acceptors (Lipinski definition) is 4. The first-order chi connectivity index (χ1) is 12.4. The van der Waals surface area contributed by atoms with Crippen LogP contribution in [0.4, 0.5) is 4.79 Å². The molecule has 7 heteroatoms. The van der Waals surface area contributed by atoms with Crippen molar-refractivity contribution in [2.75, 3.05) is 0 Å². The van der Waals surface area contributed by atoms with Gasteiger partial charge in [0.25, 0.3) is 5.91 Å². The van der Waals surface area contributed by atoms with E-state index >= 15 is 0 Å². The highest BCUT2D eigenvalue weighted by atomic mass is 16.5. The summed E-state index contributed by atoms with van der Waals surface area (Å²) in [5, 5.41) is 12.4. The zero-order valence-electron chi connectivity index (χ0n) is 14.4. The zero-order chi connectivity index (χ0) is 18.3. The lowest BCUT2D eigenvalue weighted by Gasteiger charge is -2.26. The Labute approximate surface area is 150 Å². The molecule has 132 valence electrons. The Morgan fingerprint density at radius 2 is 2.15 bits per heavy atom. The van der Waals surface area contributed by atoms with Gasteiger partial charge in [0.15, 0.2) is 0 Å². The number of urea groups is 1. The Morgan fingerprint density at radius 3 is 2.96 bits per heavy atom. The van der Waals surface area contributed by atoms with Crippen LogP contribution in [-0.2, 0) is 0 Å². The van der Waals surface area contributed by atoms with Crippen LogP contribution in [-0.4, -0.2) is 22.6 Å². The minimum Gasteiger partial charge on any atom is -0.350 e.